The van der Waals surface area contributed by atoms with Gasteiger partial charge in [0, 0.05) is 17.6 Å². The minimum atomic E-state index is -0.233. The van der Waals surface area contributed by atoms with Crippen LogP contribution in [0.5, 0.6) is 0 Å². The van der Waals surface area contributed by atoms with E-state index in [9.17, 15) is 9.18 Å². The first-order valence-electron chi connectivity index (χ1n) is 6.43. The van der Waals surface area contributed by atoms with Crippen molar-refractivity contribution in [2.75, 3.05) is 12.3 Å². The van der Waals surface area contributed by atoms with E-state index in [-0.39, 0.29) is 11.7 Å². The molecule has 0 saturated heterocycles. The van der Waals surface area contributed by atoms with Gasteiger partial charge >= 0.3 is 0 Å². The normalized spacial score (nSPS) is 10.4. The van der Waals surface area contributed by atoms with Crippen LogP contribution in [0.25, 0.3) is 0 Å². The van der Waals surface area contributed by atoms with Crippen LogP contribution in [-0.4, -0.2) is 23.2 Å². The Morgan fingerprint density at radius 2 is 2.00 bits per heavy atom. The Bertz CT molecular complexity index is 590. The first-order valence-corrected chi connectivity index (χ1v) is 7.79. The average molecular weight is 325 g/mol. The molecule has 0 unspecified atom stereocenters. The lowest BCUT2D eigenvalue weighted by molar-refractivity contribution is 0.0953. The highest BCUT2D eigenvalue weighted by Gasteiger charge is 2.04. The van der Waals surface area contributed by atoms with Gasteiger partial charge in [0.2, 0.25) is 0 Å². The first kappa shape index (κ1) is 15.8. The molecule has 2 rings (SSSR count). The second kappa shape index (κ2) is 8.00. The standard InChI is InChI=1S/C15H14ClFN2OS/c16-14-7-2-11(10-19-14)15(20)18-8-1-9-21-13-5-3-12(17)4-6-13/h2-7,10H,1,8-9H2,(H,18,20). The van der Waals surface area contributed by atoms with E-state index in [0.717, 1.165) is 17.1 Å². The Morgan fingerprint density at radius 3 is 2.67 bits per heavy atom. The minimum absolute atomic E-state index is 0.161. The van der Waals surface area contributed by atoms with E-state index in [4.69, 9.17) is 11.6 Å². The fraction of sp³-hybridized carbons (Fsp3) is 0.200. The van der Waals surface area contributed by atoms with Crippen molar-refractivity contribution in [3.63, 3.8) is 0 Å². The molecule has 0 bridgehead atoms. The molecule has 0 spiro atoms. The molecule has 0 radical (unpaired) electrons. The first-order chi connectivity index (χ1) is 10.1. The second-order valence-corrected chi connectivity index (χ2v) is 5.84. The van der Waals surface area contributed by atoms with E-state index in [1.165, 1.54) is 18.3 Å². The summed E-state index contributed by atoms with van der Waals surface area (Å²) >= 11 is 7.29. The van der Waals surface area contributed by atoms with E-state index in [2.05, 4.69) is 10.3 Å². The number of benzene rings is 1. The van der Waals surface area contributed by atoms with Crippen LogP contribution < -0.4 is 5.32 Å². The highest BCUT2D eigenvalue weighted by molar-refractivity contribution is 7.99. The van der Waals surface area contributed by atoms with E-state index >= 15 is 0 Å². The van der Waals surface area contributed by atoms with Crippen molar-refractivity contribution in [3.8, 4) is 0 Å². The van der Waals surface area contributed by atoms with Gasteiger partial charge in [-0.15, -0.1) is 11.8 Å². The van der Waals surface area contributed by atoms with Crippen LogP contribution in [0.4, 0.5) is 4.39 Å². The van der Waals surface area contributed by atoms with Gasteiger partial charge in [0.25, 0.3) is 5.91 Å². The summed E-state index contributed by atoms with van der Waals surface area (Å²) in [6.45, 7) is 0.579. The smallest absolute Gasteiger partial charge is 0.252 e. The molecule has 6 heteroatoms. The molecule has 1 aromatic carbocycles. The molecule has 1 aromatic heterocycles. The fourth-order valence-corrected chi connectivity index (χ4v) is 2.57. The van der Waals surface area contributed by atoms with Crippen LogP contribution in [0.3, 0.4) is 0 Å². The number of halogens is 2. The van der Waals surface area contributed by atoms with Crippen molar-refractivity contribution in [1.82, 2.24) is 10.3 Å². The lowest BCUT2D eigenvalue weighted by Crippen LogP contribution is -2.24. The van der Waals surface area contributed by atoms with Crippen molar-refractivity contribution in [3.05, 3.63) is 59.1 Å². The van der Waals surface area contributed by atoms with Gasteiger partial charge in [0.1, 0.15) is 11.0 Å². The molecule has 0 saturated carbocycles. The average Bonchev–Trinajstić information content (AvgIpc) is 2.49. The molecule has 3 nitrogen and oxygen atoms in total. The third-order valence-corrected chi connectivity index (χ3v) is 4.00. The predicted octanol–water partition coefficient (Wildman–Crippen LogP) is 3.79. The predicted molar refractivity (Wildman–Crippen MR) is 83.3 cm³/mol. The van der Waals surface area contributed by atoms with Crippen molar-refractivity contribution < 1.29 is 9.18 Å². The number of hydrogen-bond acceptors (Lipinski definition) is 3. The molecule has 0 aliphatic carbocycles. The van der Waals surface area contributed by atoms with Crippen molar-refractivity contribution in [1.29, 1.82) is 0 Å². The van der Waals surface area contributed by atoms with Crippen LogP contribution in [-0.2, 0) is 0 Å². The maximum absolute atomic E-state index is 12.7. The number of carbonyl (C=O) groups excluding carboxylic acids is 1. The van der Waals surface area contributed by atoms with Crippen molar-refractivity contribution in [2.45, 2.75) is 11.3 Å². The summed E-state index contributed by atoms with van der Waals surface area (Å²) in [5.41, 5.74) is 0.491. The van der Waals surface area contributed by atoms with E-state index in [0.29, 0.717) is 17.3 Å². The molecule has 0 atom stereocenters. The number of pyridine rings is 1. The lowest BCUT2D eigenvalue weighted by atomic mass is 10.2. The van der Waals surface area contributed by atoms with E-state index in [1.807, 2.05) is 0 Å². The molecule has 21 heavy (non-hydrogen) atoms. The lowest BCUT2D eigenvalue weighted by Gasteiger charge is -2.05. The summed E-state index contributed by atoms with van der Waals surface area (Å²) in [5, 5.41) is 3.18. The zero-order valence-electron chi connectivity index (χ0n) is 11.2. The number of rotatable bonds is 6. The molecule has 110 valence electrons. The SMILES string of the molecule is O=C(NCCCSc1ccc(F)cc1)c1ccc(Cl)nc1. The molecule has 2 aromatic rings. The zero-order chi connectivity index (χ0) is 15.1. The summed E-state index contributed by atoms with van der Waals surface area (Å²) in [6.07, 6.45) is 2.28. The monoisotopic (exact) mass is 324 g/mol. The number of carbonyl (C=O) groups is 1. The highest BCUT2D eigenvalue weighted by atomic mass is 35.5. The van der Waals surface area contributed by atoms with Gasteiger partial charge in [-0.3, -0.25) is 4.79 Å². The minimum Gasteiger partial charge on any atom is -0.352 e. The molecule has 0 aliphatic heterocycles. The molecule has 0 aliphatic rings. The quantitative estimate of drug-likeness (QED) is 0.499. The highest BCUT2D eigenvalue weighted by Crippen LogP contribution is 2.18. The van der Waals surface area contributed by atoms with Crippen LogP contribution >= 0.6 is 23.4 Å². The van der Waals surface area contributed by atoms with Gasteiger partial charge in [-0.25, -0.2) is 9.37 Å². The maximum atomic E-state index is 12.7. The molecule has 1 heterocycles. The van der Waals surface area contributed by atoms with E-state index in [1.54, 1.807) is 36.0 Å². The number of amides is 1. The number of nitrogens with one attached hydrogen (secondary N) is 1. The second-order valence-electron chi connectivity index (χ2n) is 4.28. The largest absolute Gasteiger partial charge is 0.352 e. The van der Waals surface area contributed by atoms with Gasteiger partial charge in [0.15, 0.2) is 0 Å². The number of hydrogen-bond donors (Lipinski definition) is 1. The molecule has 0 fully saturated rings. The maximum Gasteiger partial charge on any atom is 0.252 e. The topological polar surface area (TPSA) is 42.0 Å². The summed E-state index contributed by atoms with van der Waals surface area (Å²) < 4.78 is 12.7. The Hall–Kier alpha value is -1.59. The Labute approximate surface area is 131 Å². The Kier molecular flexibility index (Phi) is 6.02. The van der Waals surface area contributed by atoms with Crippen LogP contribution in [0.2, 0.25) is 5.15 Å². The Balaban J connectivity index is 1.66. The van der Waals surface area contributed by atoms with Crippen molar-refractivity contribution >= 4 is 29.3 Å². The van der Waals surface area contributed by atoms with Crippen LogP contribution in [0, 0.1) is 5.82 Å². The molecular weight excluding hydrogens is 311 g/mol. The number of thioether (sulfide) groups is 1. The summed E-state index contributed by atoms with van der Waals surface area (Å²) in [5.74, 6) is 0.458. The van der Waals surface area contributed by atoms with Gasteiger partial charge in [-0.05, 0) is 48.6 Å². The summed E-state index contributed by atoms with van der Waals surface area (Å²) in [7, 11) is 0. The third-order valence-electron chi connectivity index (χ3n) is 2.68. The van der Waals surface area contributed by atoms with Gasteiger partial charge in [-0.1, -0.05) is 11.6 Å². The van der Waals surface area contributed by atoms with E-state index < -0.39 is 0 Å². The van der Waals surface area contributed by atoms with Gasteiger partial charge in [0.05, 0.1) is 5.56 Å². The Morgan fingerprint density at radius 1 is 1.24 bits per heavy atom. The van der Waals surface area contributed by atoms with Gasteiger partial charge < -0.3 is 5.32 Å². The van der Waals surface area contributed by atoms with Gasteiger partial charge in [-0.2, -0.15) is 0 Å². The van der Waals surface area contributed by atoms with Crippen molar-refractivity contribution in [2.24, 2.45) is 0 Å². The molecule has 1 amide bonds. The number of nitrogens with zero attached hydrogens (tertiary/aromatic N) is 1. The zero-order valence-corrected chi connectivity index (χ0v) is 12.8. The summed E-state index contributed by atoms with van der Waals surface area (Å²) in [4.78, 5) is 16.7. The third kappa shape index (κ3) is 5.36. The summed E-state index contributed by atoms with van der Waals surface area (Å²) in [6, 6.07) is 9.60. The fourth-order valence-electron chi connectivity index (χ4n) is 1.61. The van der Waals surface area contributed by atoms with Crippen LogP contribution in [0.15, 0.2) is 47.5 Å². The molecular formula is C15H14ClFN2OS. The molecule has 1 N–H and O–H groups in total. The number of aromatic nitrogens is 1. The van der Waals surface area contributed by atoms with Crippen LogP contribution in [0.1, 0.15) is 16.8 Å².